The van der Waals surface area contributed by atoms with Crippen LogP contribution in [0.2, 0.25) is 0 Å². The number of rotatable bonds is 6. The molecule has 0 bridgehead atoms. The molecule has 0 radical (unpaired) electrons. The van der Waals surface area contributed by atoms with E-state index in [2.05, 4.69) is 37.9 Å². The quantitative estimate of drug-likeness (QED) is 0.877. The van der Waals surface area contributed by atoms with Crippen molar-refractivity contribution in [1.29, 1.82) is 0 Å². The van der Waals surface area contributed by atoms with Crippen molar-refractivity contribution in [3.05, 3.63) is 24.3 Å². The molecule has 0 atom stereocenters. The molecule has 0 fully saturated rings. The first-order valence-electron chi connectivity index (χ1n) is 8.28. The van der Waals surface area contributed by atoms with Crippen LogP contribution < -0.4 is 10.2 Å². The van der Waals surface area contributed by atoms with Crippen LogP contribution in [0.5, 0.6) is 0 Å². The highest BCUT2D eigenvalue weighted by Gasteiger charge is 2.27. The molecule has 1 aromatic rings. The minimum absolute atomic E-state index is 0.0198. The molecule has 0 aromatic heterocycles. The van der Waals surface area contributed by atoms with Crippen LogP contribution >= 0.6 is 0 Å². The van der Waals surface area contributed by atoms with Gasteiger partial charge >= 0.3 is 0 Å². The molecule has 2 amide bonds. The van der Waals surface area contributed by atoms with E-state index in [1.54, 1.807) is 4.90 Å². The Morgan fingerprint density at radius 1 is 1.17 bits per heavy atom. The van der Waals surface area contributed by atoms with Crippen LogP contribution in [0, 0.1) is 11.8 Å². The van der Waals surface area contributed by atoms with Crippen molar-refractivity contribution < 1.29 is 9.59 Å². The van der Waals surface area contributed by atoms with Crippen LogP contribution in [0.25, 0.3) is 0 Å². The first kappa shape index (κ1) is 17.5. The van der Waals surface area contributed by atoms with Gasteiger partial charge in [0.2, 0.25) is 11.8 Å². The lowest BCUT2D eigenvalue weighted by Crippen LogP contribution is -2.47. The van der Waals surface area contributed by atoms with Crippen molar-refractivity contribution in [3.63, 3.8) is 0 Å². The van der Waals surface area contributed by atoms with Gasteiger partial charge in [0, 0.05) is 13.1 Å². The minimum Gasteiger partial charge on any atom is -0.323 e. The molecule has 5 nitrogen and oxygen atoms in total. The summed E-state index contributed by atoms with van der Waals surface area (Å²) in [4.78, 5) is 28.4. The fraction of sp³-hybridized carbons (Fsp3) is 0.556. The van der Waals surface area contributed by atoms with E-state index in [-0.39, 0.29) is 18.4 Å². The van der Waals surface area contributed by atoms with E-state index in [9.17, 15) is 9.59 Å². The smallest absolute Gasteiger partial charge is 0.244 e. The molecule has 5 heteroatoms. The average molecular weight is 317 g/mol. The Balaban J connectivity index is 2.14. The van der Waals surface area contributed by atoms with Gasteiger partial charge in [-0.15, -0.1) is 0 Å². The first-order valence-corrected chi connectivity index (χ1v) is 8.28. The number of nitrogens with zero attached hydrogens (tertiary/aromatic N) is 2. The highest BCUT2D eigenvalue weighted by atomic mass is 16.2. The molecule has 1 aliphatic heterocycles. The van der Waals surface area contributed by atoms with Gasteiger partial charge < -0.3 is 5.32 Å². The highest BCUT2D eigenvalue weighted by Crippen LogP contribution is 2.29. The number of nitrogens with one attached hydrogen (secondary N) is 1. The molecule has 0 unspecified atom stereocenters. The molecular weight excluding hydrogens is 290 g/mol. The molecule has 0 aliphatic carbocycles. The number of anilines is 2. The topological polar surface area (TPSA) is 52.7 Å². The predicted octanol–water partition coefficient (Wildman–Crippen LogP) is 2.59. The van der Waals surface area contributed by atoms with E-state index in [0.29, 0.717) is 24.1 Å². The zero-order chi connectivity index (χ0) is 17.0. The Kier molecular flexibility index (Phi) is 5.77. The summed E-state index contributed by atoms with van der Waals surface area (Å²) in [5, 5.41) is 2.82. The van der Waals surface area contributed by atoms with Gasteiger partial charge in [-0.05, 0) is 24.0 Å². The van der Waals surface area contributed by atoms with E-state index in [1.807, 2.05) is 24.3 Å². The average Bonchev–Trinajstić information content (AvgIpc) is 2.44. The van der Waals surface area contributed by atoms with Crippen LogP contribution in [0.3, 0.4) is 0 Å². The molecule has 1 aromatic carbocycles. The largest absolute Gasteiger partial charge is 0.323 e. The summed E-state index contributed by atoms with van der Waals surface area (Å²) >= 11 is 0. The summed E-state index contributed by atoms with van der Waals surface area (Å²) in [7, 11) is 0. The second-order valence-corrected chi connectivity index (χ2v) is 7.03. The number of benzene rings is 1. The number of hydrogen-bond donors (Lipinski definition) is 1. The van der Waals surface area contributed by atoms with Crippen molar-refractivity contribution in [2.24, 2.45) is 11.8 Å². The maximum absolute atomic E-state index is 12.8. The molecule has 126 valence electrons. The van der Waals surface area contributed by atoms with E-state index >= 15 is 0 Å². The lowest BCUT2D eigenvalue weighted by molar-refractivity contribution is -0.122. The van der Waals surface area contributed by atoms with Crippen molar-refractivity contribution in [3.8, 4) is 0 Å². The zero-order valence-electron chi connectivity index (χ0n) is 14.5. The Hall–Kier alpha value is -1.88. The number of hydrogen-bond acceptors (Lipinski definition) is 3. The van der Waals surface area contributed by atoms with E-state index in [4.69, 9.17) is 0 Å². The fourth-order valence-electron chi connectivity index (χ4n) is 2.97. The van der Waals surface area contributed by atoms with Crippen molar-refractivity contribution in [2.75, 3.05) is 36.4 Å². The van der Waals surface area contributed by atoms with E-state index in [0.717, 1.165) is 18.8 Å². The molecule has 1 aliphatic rings. The number of carbonyl (C=O) groups is 2. The molecule has 0 saturated carbocycles. The summed E-state index contributed by atoms with van der Waals surface area (Å²) in [5.41, 5.74) is 1.49. The van der Waals surface area contributed by atoms with Crippen LogP contribution in [-0.4, -0.2) is 42.9 Å². The van der Waals surface area contributed by atoms with Gasteiger partial charge in [-0.25, -0.2) is 0 Å². The van der Waals surface area contributed by atoms with Crippen LogP contribution in [-0.2, 0) is 9.59 Å². The first-order chi connectivity index (χ1) is 10.9. The maximum Gasteiger partial charge on any atom is 0.244 e. The number of para-hydroxylation sites is 2. The van der Waals surface area contributed by atoms with Gasteiger partial charge in [-0.1, -0.05) is 39.8 Å². The molecule has 1 heterocycles. The normalized spacial score (nSPS) is 14.4. The van der Waals surface area contributed by atoms with E-state index < -0.39 is 0 Å². The van der Waals surface area contributed by atoms with Gasteiger partial charge in [0.15, 0.2) is 0 Å². The van der Waals surface area contributed by atoms with Crippen LogP contribution in [0.4, 0.5) is 11.4 Å². The van der Waals surface area contributed by atoms with Crippen molar-refractivity contribution >= 4 is 23.2 Å². The lowest BCUT2D eigenvalue weighted by atomic mass is 10.1. The highest BCUT2D eigenvalue weighted by molar-refractivity contribution is 6.10. The monoisotopic (exact) mass is 317 g/mol. The van der Waals surface area contributed by atoms with Gasteiger partial charge in [-0.3, -0.25) is 19.4 Å². The lowest BCUT2D eigenvalue weighted by Gasteiger charge is -2.32. The van der Waals surface area contributed by atoms with Gasteiger partial charge in [-0.2, -0.15) is 0 Å². The summed E-state index contributed by atoms with van der Waals surface area (Å²) in [6.45, 7) is 10.8. The molecule has 0 saturated heterocycles. The van der Waals surface area contributed by atoms with Crippen molar-refractivity contribution in [1.82, 2.24) is 4.90 Å². The maximum atomic E-state index is 12.8. The second-order valence-electron chi connectivity index (χ2n) is 7.03. The van der Waals surface area contributed by atoms with Crippen LogP contribution in [0.15, 0.2) is 24.3 Å². The third-order valence-electron chi connectivity index (χ3n) is 3.68. The predicted molar refractivity (Wildman–Crippen MR) is 93.5 cm³/mol. The standard InChI is InChI=1S/C18H27N3O2/c1-13(2)9-20(10-14(3)4)12-18(23)21-11-17(22)19-15-7-5-6-8-16(15)21/h5-8,13-14H,9-12H2,1-4H3,(H,19,22). The number of amides is 2. The summed E-state index contributed by atoms with van der Waals surface area (Å²) in [6.07, 6.45) is 0. The Labute approximate surface area is 138 Å². The molecule has 23 heavy (non-hydrogen) atoms. The Morgan fingerprint density at radius 2 is 1.78 bits per heavy atom. The van der Waals surface area contributed by atoms with Crippen LogP contribution in [0.1, 0.15) is 27.7 Å². The molecule has 0 spiro atoms. The Morgan fingerprint density at radius 3 is 2.39 bits per heavy atom. The number of carbonyl (C=O) groups excluding carboxylic acids is 2. The minimum atomic E-state index is -0.142. The Bertz CT molecular complexity index is 559. The van der Waals surface area contributed by atoms with Gasteiger partial charge in [0.25, 0.3) is 0 Å². The second kappa shape index (κ2) is 7.59. The molecule has 1 N–H and O–H groups in total. The summed E-state index contributed by atoms with van der Waals surface area (Å²) in [6, 6.07) is 7.45. The number of fused-ring (bicyclic) bond motifs is 1. The fourth-order valence-corrected chi connectivity index (χ4v) is 2.97. The summed E-state index contributed by atoms with van der Waals surface area (Å²) < 4.78 is 0. The van der Waals surface area contributed by atoms with E-state index in [1.165, 1.54) is 0 Å². The van der Waals surface area contributed by atoms with Crippen molar-refractivity contribution in [2.45, 2.75) is 27.7 Å². The third kappa shape index (κ3) is 4.79. The third-order valence-corrected chi connectivity index (χ3v) is 3.68. The van der Waals surface area contributed by atoms with Gasteiger partial charge in [0.05, 0.1) is 17.9 Å². The van der Waals surface area contributed by atoms with Gasteiger partial charge in [0.1, 0.15) is 6.54 Å². The zero-order valence-corrected chi connectivity index (χ0v) is 14.5. The molecule has 2 rings (SSSR count). The SMILES string of the molecule is CC(C)CN(CC(=O)N1CC(=O)Nc2ccccc21)CC(C)C. The summed E-state index contributed by atoms with van der Waals surface area (Å²) in [5.74, 6) is 0.835. The molecular formula is C18H27N3O2.